The molecule has 0 aliphatic rings. The standard InChI is InChI=1S/C14H18O2S/c1-2-11-8-12-4-7-17-14(12)13(9-11)10-16-6-3-5-15/h4,7-9,15H,2-3,5-6,10H2,1H3. The highest BCUT2D eigenvalue weighted by Crippen LogP contribution is 2.27. The summed E-state index contributed by atoms with van der Waals surface area (Å²) in [5.41, 5.74) is 2.63. The highest BCUT2D eigenvalue weighted by Gasteiger charge is 2.05. The number of fused-ring (bicyclic) bond motifs is 1. The third-order valence-corrected chi connectivity index (χ3v) is 3.81. The molecule has 0 aliphatic carbocycles. The molecule has 0 spiro atoms. The highest BCUT2D eigenvalue weighted by molar-refractivity contribution is 7.17. The van der Waals surface area contributed by atoms with Crippen LogP contribution in [0.2, 0.25) is 0 Å². The second-order valence-corrected chi connectivity index (χ2v) is 4.99. The number of hydrogen-bond donors (Lipinski definition) is 1. The van der Waals surface area contributed by atoms with Crippen molar-refractivity contribution < 1.29 is 9.84 Å². The summed E-state index contributed by atoms with van der Waals surface area (Å²) in [7, 11) is 0. The Morgan fingerprint density at radius 2 is 2.24 bits per heavy atom. The molecule has 3 heteroatoms. The van der Waals surface area contributed by atoms with Gasteiger partial charge in [-0.05, 0) is 40.8 Å². The molecule has 0 unspecified atom stereocenters. The molecular weight excluding hydrogens is 232 g/mol. The Morgan fingerprint density at radius 3 is 3.00 bits per heavy atom. The first-order chi connectivity index (χ1) is 8.35. The Morgan fingerprint density at radius 1 is 1.35 bits per heavy atom. The van der Waals surface area contributed by atoms with E-state index < -0.39 is 0 Å². The summed E-state index contributed by atoms with van der Waals surface area (Å²) in [4.78, 5) is 0. The van der Waals surface area contributed by atoms with E-state index in [1.54, 1.807) is 11.3 Å². The van der Waals surface area contributed by atoms with E-state index in [4.69, 9.17) is 9.84 Å². The number of hydrogen-bond acceptors (Lipinski definition) is 3. The summed E-state index contributed by atoms with van der Waals surface area (Å²) in [6.07, 6.45) is 1.76. The molecule has 92 valence electrons. The van der Waals surface area contributed by atoms with Gasteiger partial charge in [-0.15, -0.1) is 11.3 Å². The molecule has 2 rings (SSSR count). The first-order valence-corrected chi connectivity index (χ1v) is 6.90. The predicted octanol–water partition coefficient (Wildman–Crippen LogP) is 3.36. The lowest BCUT2D eigenvalue weighted by Crippen LogP contribution is -1.98. The maximum Gasteiger partial charge on any atom is 0.0730 e. The number of aliphatic hydroxyl groups excluding tert-OH is 1. The van der Waals surface area contributed by atoms with E-state index in [0.29, 0.717) is 19.6 Å². The molecule has 0 saturated heterocycles. The minimum Gasteiger partial charge on any atom is -0.396 e. The Labute approximate surface area is 106 Å². The van der Waals surface area contributed by atoms with Crippen LogP contribution in [0.5, 0.6) is 0 Å². The van der Waals surface area contributed by atoms with Crippen molar-refractivity contribution in [3.63, 3.8) is 0 Å². The topological polar surface area (TPSA) is 29.5 Å². The molecule has 0 amide bonds. The van der Waals surface area contributed by atoms with Gasteiger partial charge in [0.05, 0.1) is 6.61 Å². The van der Waals surface area contributed by atoms with Crippen LogP contribution in [0.1, 0.15) is 24.5 Å². The van der Waals surface area contributed by atoms with Crippen LogP contribution in [-0.4, -0.2) is 18.3 Å². The van der Waals surface area contributed by atoms with E-state index in [-0.39, 0.29) is 6.61 Å². The Hall–Kier alpha value is -0.900. The molecule has 1 aromatic heterocycles. The molecule has 0 saturated carbocycles. The molecule has 0 aliphatic heterocycles. The van der Waals surface area contributed by atoms with Crippen LogP contribution >= 0.6 is 11.3 Å². The number of ether oxygens (including phenoxy) is 1. The van der Waals surface area contributed by atoms with E-state index in [1.165, 1.54) is 21.2 Å². The van der Waals surface area contributed by atoms with Crippen molar-refractivity contribution in [2.75, 3.05) is 13.2 Å². The molecule has 2 aromatic rings. The van der Waals surface area contributed by atoms with Crippen LogP contribution in [0, 0.1) is 0 Å². The van der Waals surface area contributed by atoms with Crippen LogP contribution in [0.3, 0.4) is 0 Å². The quantitative estimate of drug-likeness (QED) is 0.797. The maximum absolute atomic E-state index is 8.71. The first kappa shape index (κ1) is 12.6. The lowest BCUT2D eigenvalue weighted by Gasteiger charge is -2.07. The van der Waals surface area contributed by atoms with Gasteiger partial charge in [0.2, 0.25) is 0 Å². The first-order valence-electron chi connectivity index (χ1n) is 6.02. The van der Waals surface area contributed by atoms with E-state index in [9.17, 15) is 0 Å². The number of aliphatic hydroxyl groups is 1. The fourth-order valence-electron chi connectivity index (χ4n) is 1.88. The highest BCUT2D eigenvalue weighted by atomic mass is 32.1. The van der Waals surface area contributed by atoms with Gasteiger partial charge in [-0.3, -0.25) is 0 Å². The van der Waals surface area contributed by atoms with Crippen LogP contribution in [-0.2, 0) is 17.8 Å². The molecule has 0 bridgehead atoms. The van der Waals surface area contributed by atoms with Gasteiger partial charge >= 0.3 is 0 Å². The Kier molecular flexibility index (Phi) is 4.54. The SMILES string of the molecule is CCc1cc(COCCCO)c2sccc2c1. The van der Waals surface area contributed by atoms with E-state index >= 15 is 0 Å². The van der Waals surface area contributed by atoms with Gasteiger partial charge in [0.25, 0.3) is 0 Å². The Bertz CT molecular complexity index is 476. The van der Waals surface area contributed by atoms with Crippen molar-refractivity contribution in [3.05, 3.63) is 34.7 Å². The third-order valence-electron chi connectivity index (χ3n) is 2.80. The summed E-state index contributed by atoms with van der Waals surface area (Å²) in [5, 5.41) is 12.1. The zero-order chi connectivity index (χ0) is 12.1. The van der Waals surface area contributed by atoms with Gasteiger partial charge in [-0.1, -0.05) is 19.1 Å². The smallest absolute Gasteiger partial charge is 0.0730 e. The molecule has 0 atom stereocenters. The molecule has 17 heavy (non-hydrogen) atoms. The molecule has 1 heterocycles. The molecule has 0 fully saturated rings. The largest absolute Gasteiger partial charge is 0.396 e. The van der Waals surface area contributed by atoms with E-state index in [1.807, 2.05) is 0 Å². The summed E-state index contributed by atoms with van der Waals surface area (Å²) in [6, 6.07) is 6.65. The Balaban J connectivity index is 2.16. The van der Waals surface area contributed by atoms with Crippen LogP contribution in [0.25, 0.3) is 10.1 Å². The second kappa shape index (κ2) is 6.15. The van der Waals surface area contributed by atoms with Crippen molar-refractivity contribution in [2.45, 2.75) is 26.4 Å². The van der Waals surface area contributed by atoms with Gasteiger partial charge in [-0.25, -0.2) is 0 Å². The van der Waals surface area contributed by atoms with Crippen LogP contribution in [0.4, 0.5) is 0 Å². The van der Waals surface area contributed by atoms with Crippen molar-refractivity contribution in [1.29, 1.82) is 0 Å². The number of thiophene rings is 1. The lowest BCUT2D eigenvalue weighted by atomic mass is 10.1. The fraction of sp³-hybridized carbons (Fsp3) is 0.429. The molecule has 0 radical (unpaired) electrons. The maximum atomic E-state index is 8.71. The normalized spacial score (nSPS) is 11.2. The van der Waals surface area contributed by atoms with Crippen LogP contribution < -0.4 is 0 Å². The summed E-state index contributed by atoms with van der Waals surface area (Å²) < 4.78 is 6.91. The zero-order valence-corrected chi connectivity index (χ0v) is 10.9. The number of aryl methyl sites for hydroxylation is 1. The van der Waals surface area contributed by atoms with Crippen molar-refractivity contribution in [3.8, 4) is 0 Å². The summed E-state index contributed by atoms with van der Waals surface area (Å²) >= 11 is 1.77. The van der Waals surface area contributed by atoms with Crippen molar-refractivity contribution in [1.82, 2.24) is 0 Å². The van der Waals surface area contributed by atoms with Gasteiger partial charge in [0.15, 0.2) is 0 Å². The molecule has 2 nitrogen and oxygen atoms in total. The summed E-state index contributed by atoms with van der Waals surface area (Å²) in [6.45, 7) is 3.64. The number of benzene rings is 1. The molecule has 1 aromatic carbocycles. The minimum absolute atomic E-state index is 0.198. The van der Waals surface area contributed by atoms with Crippen molar-refractivity contribution in [2.24, 2.45) is 0 Å². The van der Waals surface area contributed by atoms with Gasteiger partial charge in [0.1, 0.15) is 0 Å². The molecule has 1 N–H and O–H groups in total. The summed E-state index contributed by atoms with van der Waals surface area (Å²) in [5.74, 6) is 0. The average Bonchev–Trinajstić information content (AvgIpc) is 2.82. The monoisotopic (exact) mass is 250 g/mol. The lowest BCUT2D eigenvalue weighted by molar-refractivity contribution is 0.105. The minimum atomic E-state index is 0.198. The third kappa shape index (κ3) is 3.06. The number of rotatable bonds is 6. The van der Waals surface area contributed by atoms with Crippen molar-refractivity contribution >= 4 is 21.4 Å². The van der Waals surface area contributed by atoms with E-state index in [2.05, 4.69) is 30.5 Å². The van der Waals surface area contributed by atoms with E-state index in [0.717, 1.165) is 6.42 Å². The van der Waals surface area contributed by atoms with Crippen LogP contribution in [0.15, 0.2) is 23.6 Å². The predicted molar refractivity (Wildman–Crippen MR) is 72.6 cm³/mol. The second-order valence-electron chi connectivity index (χ2n) is 4.08. The average molecular weight is 250 g/mol. The molecular formula is C14H18O2S. The van der Waals surface area contributed by atoms with Gasteiger partial charge < -0.3 is 9.84 Å². The van der Waals surface area contributed by atoms with Gasteiger partial charge in [0, 0.05) is 17.9 Å². The zero-order valence-electron chi connectivity index (χ0n) is 10.1. The van der Waals surface area contributed by atoms with Gasteiger partial charge in [-0.2, -0.15) is 0 Å². The fourth-order valence-corrected chi connectivity index (χ4v) is 2.77.